The van der Waals surface area contributed by atoms with Crippen molar-refractivity contribution in [2.45, 2.75) is 12.8 Å². The second-order valence-electron chi connectivity index (χ2n) is 4.71. The van der Waals surface area contributed by atoms with Gasteiger partial charge in [-0.2, -0.15) is 0 Å². The van der Waals surface area contributed by atoms with Gasteiger partial charge in [0.15, 0.2) is 0 Å². The second-order valence-corrected chi connectivity index (χ2v) is 4.71. The number of likely N-dealkylation sites (N-methyl/N-ethyl adjacent to an activating group) is 1. The lowest BCUT2D eigenvalue weighted by molar-refractivity contribution is 0.155. The molecule has 2 rings (SSSR count). The number of hydrogen-bond donors (Lipinski definition) is 1. The van der Waals surface area contributed by atoms with E-state index in [0.717, 1.165) is 6.54 Å². The SMILES string of the molecule is CN1CCN(CCC2=CCNCC2)CC1. The van der Waals surface area contributed by atoms with E-state index in [4.69, 9.17) is 0 Å². The first-order valence-corrected chi connectivity index (χ1v) is 6.14. The Bertz CT molecular complexity index is 217. The molecule has 1 fully saturated rings. The maximum atomic E-state index is 3.36. The van der Waals surface area contributed by atoms with Crippen LogP contribution in [0.1, 0.15) is 12.8 Å². The quantitative estimate of drug-likeness (QED) is 0.685. The summed E-state index contributed by atoms with van der Waals surface area (Å²) in [6, 6.07) is 0. The van der Waals surface area contributed by atoms with E-state index in [-0.39, 0.29) is 0 Å². The monoisotopic (exact) mass is 209 g/mol. The lowest BCUT2D eigenvalue weighted by Crippen LogP contribution is -2.44. The molecule has 86 valence electrons. The molecule has 0 aromatic rings. The Kier molecular flexibility index (Phi) is 4.18. The highest BCUT2D eigenvalue weighted by Crippen LogP contribution is 2.11. The Morgan fingerprint density at radius 2 is 2.07 bits per heavy atom. The zero-order chi connectivity index (χ0) is 10.5. The molecule has 3 nitrogen and oxygen atoms in total. The van der Waals surface area contributed by atoms with Gasteiger partial charge in [-0.1, -0.05) is 11.6 Å². The number of piperazine rings is 1. The van der Waals surface area contributed by atoms with Crippen LogP contribution in [-0.2, 0) is 0 Å². The Morgan fingerprint density at radius 3 is 2.73 bits per heavy atom. The molecule has 1 saturated heterocycles. The van der Waals surface area contributed by atoms with Crippen LogP contribution in [0.5, 0.6) is 0 Å². The molecular weight excluding hydrogens is 186 g/mol. The molecule has 0 aromatic heterocycles. The van der Waals surface area contributed by atoms with Gasteiger partial charge in [-0.3, -0.25) is 0 Å². The van der Waals surface area contributed by atoms with Crippen molar-refractivity contribution in [1.29, 1.82) is 0 Å². The molecule has 0 spiro atoms. The number of rotatable bonds is 3. The van der Waals surface area contributed by atoms with Crippen LogP contribution in [0.15, 0.2) is 11.6 Å². The smallest absolute Gasteiger partial charge is 0.0137 e. The van der Waals surface area contributed by atoms with Crippen molar-refractivity contribution in [3.05, 3.63) is 11.6 Å². The maximum absolute atomic E-state index is 3.36. The van der Waals surface area contributed by atoms with Crippen molar-refractivity contribution in [1.82, 2.24) is 15.1 Å². The first-order chi connectivity index (χ1) is 7.34. The highest BCUT2D eigenvalue weighted by atomic mass is 15.2. The van der Waals surface area contributed by atoms with E-state index in [0.29, 0.717) is 0 Å². The summed E-state index contributed by atoms with van der Waals surface area (Å²) in [7, 11) is 2.21. The van der Waals surface area contributed by atoms with Crippen molar-refractivity contribution in [3.63, 3.8) is 0 Å². The molecule has 3 heteroatoms. The van der Waals surface area contributed by atoms with Crippen LogP contribution < -0.4 is 5.32 Å². The number of hydrogen-bond acceptors (Lipinski definition) is 3. The van der Waals surface area contributed by atoms with E-state index in [9.17, 15) is 0 Å². The molecular formula is C12H23N3. The van der Waals surface area contributed by atoms with Gasteiger partial charge >= 0.3 is 0 Å². The summed E-state index contributed by atoms with van der Waals surface area (Å²) in [4.78, 5) is 5.02. The summed E-state index contributed by atoms with van der Waals surface area (Å²) >= 11 is 0. The van der Waals surface area contributed by atoms with Crippen LogP contribution in [0.3, 0.4) is 0 Å². The normalized spacial score (nSPS) is 25.3. The van der Waals surface area contributed by atoms with Crippen LogP contribution in [0, 0.1) is 0 Å². The molecule has 0 saturated carbocycles. The minimum atomic E-state index is 1.08. The van der Waals surface area contributed by atoms with Gasteiger partial charge in [0.1, 0.15) is 0 Å². The fourth-order valence-electron chi connectivity index (χ4n) is 2.27. The largest absolute Gasteiger partial charge is 0.313 e. The fourth-order valence-corrected chi connectivity index (χ4v) is 2.27. The van der Waals surface area contributed by atoms with Crippen molar-refractivity contribution >= 4 is 0 Å². The molecule has 1 N–H and O–H groups in total. The van der Waals surface area contributed by atoms with Crippen molar-refractivity contribution < 1.29 is 0 Å². The fraction of sp³-hybridized carbons (Fsp3) is 0.833. The topological polar surface area (TPSA) is 18.5 Å². The van der Waals surface area contributed by atoms with Gasteiger partial charge in [0, 0.05) is 39.3 Å². The van der Waals surface area contributed by atoms with E-state index >= 15 is 0 Å². The average molecular weight is 209 g/mol. The van der Waals surface area contributed by atoms with Gasteiger partial charge < -0.3 is 15.1 Å². The summed E-state index contributed by atoms with van der Waals surface area (Å²) in [5, 5.41) is 3.36. The summed E-state index contributed by atoms with van der Waals surface area (Å²) in [6.07, 6.45) is 4.92. The zero-order valence-corrected chi connectivity index (χ0v) is 9.84. The van der Waals surface area contributed by atoms with Gasteiger partial charge in [-0.25, -0.2) is 0 Å². The summed E-state index contributed by atoms with van der Waals surface area (Å²) in [6.45, 7) is 8.50. The molecule has 0 bridgehead atoms. The average Bonchev–Trinajstić information content (AvgIpc) is 2.30. The molecule has 2 heterocycles. The molecule has 0 radical (unpaired) electrons. The standard InChI is InChI=1S/C12H23N3/c1-14-8-10-15(11-9-14)7-4-12-2-5-13-6-3-12/h2,13H,3-11H2,1H3. The minimum absolute atomic E-state index is 1.08. The van der Waals surface area contributed by atoms with Crippen LogP contribution >= 0.6 is 0 Å². The van der Waals surface area contributed by atoms with Crippen LogP contribution in [0.2, 0.25) is 0 Å². The lowest BCUT2D eigenvalue weighted by atomic mass is 10.1. The van der Waals surface area contributed by atoms with E-state index < -0.39 is 0 Å². The van der Waals surface area contributed by atoms with Crippen molar-refractivity contribution in [2.24, 2.45) is 0 Å². The Hall–Kier alpha value is -0.380. The second kappa shape index (κ2) is 5.64. The van der Waals surface area contributed by atoms with Gasteiger partial charge in [0.05, 0.1) is 0 Å². The van der Waals surface area contributed by atoms with Gasteiger partial charge in [-0.15, -0.1) is 0 Å². The third-order valence-corrected chi connectivity index (χ3v) is 3.50. The molecule has 0 amide bonds. The zero-order valence-electron chi connectivity index (χ0n) is 9.84. The molecule has 0 unspecified atom stereocenters. The van der Waals surface area contributed by atoms with Gasteiger partial charge in [-0.05, 0) is 26.4 Å². The Labute approximate surface area is 93.1 Å². The first-order valence-electron chi connectivity index (χ1n) is 6.14. The first kappa shape index (κ1) is 11.1. The molecule has 2 aliphatic heterocycles. The third-order valence-electron chi connectivity index (χ3n) is 3.50. The predicted octanol–water partition coefficient (Wildman–Crippen LogP) is 0.544. The highest BCUT2D eigenvalue weighted by molar-refractivity contribution is 5.07. The summed E-state index contributed by atoms with van der Waals surface area (Å²) < 4.78 is 0. The predicted molar refractivity (Wildman–Crippen MR) is 64.1 cm³/mol. The Balaban J connectivity index is 1.67. The van der Waals surface area contributed by atoms with Crippen molar-refractivity contribution in [3.8, 4) is 0 Å². The maximum Gasteiger partial charge on any atom is 0.0137 e. The number of nitrogens with zero attached hydrogens (tertiary/aromatic N) is 2. The van der Waals surface area contributed by atoms with Gasteiger partial charge in [0.25, 0.3) is 0 Å². The molecule has 2 aliphatic rings. The Morgan fingerprint density at radius 1 is 1.27 bits per heavy atom. The van der Waals surface area contributed by atoms with Gasteiger partial charge in [0.2, 0.25) is 0 Å². The van der Waals surface area contributed by atoms with Crippen LogP contribution in [-0.4, -0.2) is 62.7 Å². The lowest BCUT2D eigenvalue weighted by Gasteiger charge is -2.32. The molecule has 0 aliphatic carbocycles. The molecule has 0 atom stereocenters. The third kappa shape index (κ3) is 3.59. The van der Waals surface area contributed by atoms with Crippen LogP contribution in [0.25, 0.3) is 0 Å². The summed E-state index contributed by atoms with van der Waals surface area (Å²) in [5.41, 5.74) is 1.66. The van der Waals surface area contributed by atoms with E-state index in [1.807, 2.05) is 0 Å². The van der Waals surface area contributed by atoms with E-state index in [1.165, 1.54) is 52.1 Å². The van der Waals surface area contributed by atoms with E-state index in [2.05, 4.69) is 28.2 Å². The highest BCUT2D eigenvalue weighted by Gasteiger charge is 2.13. The van der Waals surface area contributed by atoms with Crippen LogP contribution in [0.4, 0.5) is 0 Å². The molecule has 0 aromatic carbocycles. The van der Waals surface area contributed by atoms with Crippen molar-refractivity contribution in [2.75, 3.05) is 52.9 Å². The summed E-state index contributed by atoms with van der Waals surface area (Å²) in [5.74, 6) is 0. The molecule has 15 heavy (non-hydrogen) atoms. The van der Waals surface area contributed by atoms with E-state index in [1.54, 1.807) is 5.57 Å². The number of nitrogens with one attached hydrogen (secondary N) is 1. The minimum Gasteiger partial charge on any atom is -0.313 e.